The van der Waals surface area contributed by atoms with Gasteiger partial charge in [0.1, 0.15) is 17.1 Å². The van der Waals surface area contributed by atoms with E-state index in [2.05, 4.69) is 10.2 Å². The van der Waals surface area contributed by atoms with Crippen LogP contribution in [-0.2, 0) is 12.3 Å². The highest BCUT2D eigenvalue weighted by Gasteiger charge is 2.18. The van der Waals surface area contributed by atoms with Crippen molar-refractivity contribution in [1.82, 2.24) is 14.8 Å². The van der Waals surface area contributed by atoms with Gasteiger partial charge in [-0.25, -0.2) is 4.79 Å². The van der Waals surface area contributed by atoms with Gasteiger partial charge in [0.25, 0.3) is 0 Å². The molecule has 0 amide bonds. The first-order chi connectivity index (χ1) is 15.6. The molecule has 5 aromatic rings. The lowest BCUT2D eigenvalue weighted by molar-refractivity contribution is 0.473. The Morgan fingerprint density at radius 2 is 1.94 bits per heavy atom. The van der Waals surface area contributed by atoms with Crippen molar-refractivity contribution in [2.24, 2.45) is 0 Å². The molecule has 1 N–H and O–H groups in total. The Labute approximate surface area is 187 Å². The second-order valence-electron chi connectivity index (χ2n) is 7.35. The summed E-state index contributed by atoms with van der Waals surface area (Å²) in [6.45, 7) is 2.52. The molecule has 0 spiro atoms. The summed E-state index contributed by atoms with van der Waals surface area (Å²) in [6.07, 6.45) is 1.64. The molecule has 0 saturated heterocycles. The molecule has 0 aliphatic carbocycles. The minimum absolute atomic E-state index is 0.0477. The number of aromatic nitrogens is 3. The number of phenolic OH excluding ortho intramolecular Hbond substituents is 1. The van der Waals surface area contributed by atoms with E-state index in [1.165, 1.54) is 23.9 Å². The number of hydrogen-bond acceptors (Lipinski definition) is 7. The lowest BCUT2D eigenvalue weighted by Crippen LogP contribution is -2.05. The predicted octanol–water partition coefficient (Wildman–Crippen LogP) is 5.00. The average molecular weight is 446 g/mol. The Morgan fingerprint density at radius 1 is 1.06 bits per heavy atom. The van der Waals surface area contributed by atoms with Crippen LogP contribution in [0.4, 0.5) is 0 Å². The van der Waals surface area contributed by atoms with Gasteiger partial charge in [-0.2, -0.15) is 0 Å². The lowest BCUT2D eigenvalue weighted by atomic mass is 10.1. The molecule has 0 radical (unpaired) electrons. The van der Waals surface area contributed by atoms with E-state index < -0.39 is 5.63 Å². The van der Waals surface area contributed by atoms with Crippen LogP contribution < -0.4 is 5.63 Å². The van der Waals surface area contributed by atoms with E-state index in [0.29, 0.717) is 23.0 Å². The average Bonchev–Trinajstić information content (AvgIpc) is 3.42. The molecule has 3 heterocycles. The highest BCUT2D eigenvalue weighted by molar-refractivity contribution is 7.98. The summed E-state index contributed by atoms with van der Waals surface area (Å²) in [7, 11) is 0. The Morgan fingerprint density at radius 3 is 2.75 bits per heavy atom. The van der Waals surface area contributed by atoms with Crippen molar-refractivity contribution in [1.29, 1.82) is 0 Å². The fourth-order valence-electron chi connectivity index (χ4n) is 3.60. The molecule has 160 valence electrons. The zero-order valence-electron chi connectivity index (χ0n) is 17.2. The molecule has 7 nitrogen and oxygen atoms in total. The van der Waals surface area contributed by atoms with Gasteiger partial charge in [-0.05, 0) is 42.3 Å². The van der Waals surface area contributed by atoms with Gasteiger partial charge >= 0.3 is 5.63 Å². The third kappa shape index (κ3) is 3.92. The summed E-state index contributed by atoms with van der Waals surface area (Å²) < 4.78 is 12.8. The molecule has 32 heavy (non-hydrogen) atoms. The molecule has 5 rings (SSSR count). The quantitative estimate of drug-likeness (QED) is 0.290. The number of furan rings is 1. The van der Waals surface area contributed by atoms with E-state index in [9.17, 15) is 9.90 Å². The number of benzene rings is 2. The molecule has 0 saturated carbocycles. The predicted molar refractivity (Wildman–Crippen MR) is 122 cm³/mol. The normalized spacial score (nSPS) is 11.3. The lowest BCUT2D eigenvalue weighted by Gasteiger charge is -2.11. The Kier molecular flexibility index (Phi) is 5.28. The zero-order valence-corrected chi connectivity index (χ0v) is 18.0. The maximum atomic E-state index is 12.0. The number of aryl methyl sites for hydroxylation is 1. The van der Waals surface area contributed by atoms with Crippen molar-refractivity contribution >= 4 is 22.7 Å². The van der Waals surface area contributed by atoms with Crippen LogP contribution >= 0.6 is 11.8 Å². The zero-order chi connectivity index (χ0) is 22.1. The van der Waals surface area contributed by atoms with E-state index in [1.807, 2.05) is 47.9 Å². The van der Waals surface area contributed by atoms with E-state index >= 15 is 0 Å². The van der Waals surface area contributed by atoms with Crippen molar-refractivity contribution in [3.05, 3.63) is 94.2 Å². The van der Waals surface area contributed by atoms with Crippen molar-refractivity contribution in [3.63, 3.8) is 0 Å². The Hall–Kier alpha value is -3.78. The Bertz CT molecular complexity index is 1450. The number of hydrogen-bond donors (Lipinski definition) is 1. The van der Waals surface area contributed by atoms with Crippen LogP contribution in [0, 0.1) is 6.92 Å². The van der Waals surface area contributed by atoms with Crippen LogP contribution in [0.1, 0.15) is 16.9 Å². The van der Waals surface area contributed by atoms with Gasteiger partial charge in [0.15, 0.2) is 11.0 Å². The van der Waals surface area contributed by atoms with Crippen LogP contribution in [0.15, 0.2) is 85.7 Å². The first-order valence-electron chi connectivity index (χ1n) is 9.98. The minimum atomic E-state index is -0.462. The standard InChI is InChI=1S/C24H19N3O4S/c1-15-5-2-3-7-19(15)23-25-26-24(27(23)13-18-6-4-10-30-18)32-14-16-11-22(29)31-21-12-17(28)8-9-20(16)21/h2-12,28H,13-14H2,1H3. The van der Waals surface area contributed by atoms with Crippen LogP contribution in [0.2, 0.25) is 0 Å². The molecule has 8 heteroatoms. The molecular formula is C24H19N3O4S. The summed E-state index contributed by atoms with van der Waals surface area (Å²) in [5.74, 6) is 2.08. The van der Waals surface area contributed by atoms with Crippen molar-refractivity contribution in [2.75, 3.05) is 0 Å². The van der Waals surface area contributed by atoms with Gasteiger partial charge in [-0.15, -0.1) is 10.2 Å². The highest BCUT2D eigenvalue weighted by Crippen LogP contribution is 2.31. The minimum Gasteiger partial charge on any atom is -0.508 e. The second kappa shape index (κ2) is 8.39. The first kappa shape index (κ1) is 20.1. The largest absolute Gasteiger partial charge is 0.508 e. The van der Waals surface area contributed by atoms with E-state index in [1.54, 1.807) is 18.4 Å². The smallest absolute Gasteiger partial charge is 0.336 e. The molecule has 3 aromatic heterocycles. The number of nitrogens with zero attached hydrogens (tertiary/aromatic N) is 3. The number of aromatic hydroxyl groups is 1. The fraction of sp³-hybridized carbons (Fsp3) is 0.125. The molecule has 0 unspecified atom stereocenters. The van der Waals surface area contributed by atoms with Crippen LogP contribution in [-0.4, -0.2) is 19.9 Å². The summed E-state index contributed by atoms with van der Waals surface area (Å²) in [5.41, 5.74) is 2.79. The Balaban J connectivity index is 1.52. The maximum Gasteiger partial charge on any atom is 0.336 e. The molecule has 0 fully saturated rings. The molecule has 0 bridgehead atoms. The molecule has 0 aliphatic rings. The van der Waals surface area contributed by atoms with E-state index in [4.69, 9.17) is 8.83 Å². The van der Waals surface area contributed by atoms with Gasteiger partial charge in [0.05, 0.1) is 12.8 Å². The number of phenols is 1. The number of fused-ring (bicyclic) bond motifs is 1. The molecule has 0 aliphatic heterocycles. The third-order valence-electron chi connectivity index (χ3n) is 5.17. The molecule has 2 aromatic carbocycles. The van der Waals surface area contributed by atoms with Crippen molar-refractivity contribution in [3.8, 4) is 17.1 Å². The van der Waals surface area contributed by atoms with Gasteiger partial charge in [0.2, 0.25) is 0 Å². The van der Waals surface area contributed by atoms with Gasteiger partial charge in [-0.1, -0.05) is 36.0 Å². The fourth-order valence-corrected chi connectivity index (χ4v) is 4.53. The van der Waals surface area contributed by atoms with Crippen molar-refractivity contribution < 1.29 is 13.9 Å². The number of rotatable bonds is 6. The summed E-state index contributed by atoms with van der Waals surface area (Å²) in [6, 6.07) is 18.0. The monoisotopic (exact) mass is 445 g/mol. The summed E-state index contributed by atoms with van der Waals surface area (Å²) >= 11 is 1.48. The van der Waals surface area contributed by atoms with Gasteiger partial charge in [-0.3, -0.25) is 4.57 Å². The highest BCUT2D eigenvalue weighted by atomic mass is 32.2. The van der Waals surface area contributed by atoms with Crippen molar-refractivity contribution in [2.45, 2.75) is 24.4 Å². The summed E-state index contributed by atoms with van der Waals surface area (Å²) in [5, 5.41) is 20.1. The van der Waals surface area contributed by atoms with Gasteiger partial charge in [0, 0.05) is 28.8 Å². The van der Waals surface area contributed by atoms with Gasteiger partial charge < -0.3 is 13.9 Å². The maximum absolute atomic E-state index is 12.0. The third-order valence-corrected chi connectivity index (χ3v) is 6.18. The molecule has 0 atom stereocenters. The van der Waals surface area contributed by atoms with Crippen LogP contribution in [0.3, 0.4) is 0 Å². The van der Waals surface area contributed by atoms with E-state index in [0.717, 1.165) is 33.7 Å². The number of thioether (sulfide) groups is 1. The topological polar surface area (TPSA) is 94.3 Å². The van der Waals surface area contributed by atoms with Crippen LogP contribution in [0.5, 0.6) is 5.75 Å². The molecular weight excluding hydrogens is 426 g/mol. The second-order valence-corrected chi connectivity index (χ2v) is 8.29. The SMILES string of the molecule is Cc1ccccc1-c1nnc(SCc2cc(=O)oc3cc(O)ccc23)n1Cc1ccco1. The van der Waals surface area contributed by atoms with Crippen LogP contribution in [0.25, 0.3) is 22.4 Å². The van der Waals surface area contributed by atoms with E-state index in [-0.39, 0.29) is 5.75 Å². The summed E-state index contributed by atoms with van der Waals surface area (Å²) in [4.78, 5) is 12.0. The first-order valence-corrected chi connectivity index (χ1v) is 11.0.